The number of unbranched alkanes of at least 4 members (excludes halogenated alkanes) is 2. The van der Waals surface area contributed by atoms with Crippen LogP contribution in [0.4, 0.5) is 0 Å². The van der Waals surface area contributed by atoms with Gasteiger partial charge >= 0.3 is 5.97 Å². The van der Waals surface area contributed by atoms with Gasteiger partial charge in [-0.25, -0.2) is 4.79 Å². The second-order valence-electron chi connectivity index (χ2n) is 3.71. The zero-order valence-corrected chi connectivity index (χ0v) is 9.74. The molecule has 0 aliphatic rings. The lowest BCUT2D eigenvalue weighted by atomic mass is 10.0. The first-order valence-electron chi connectivity index (χ1n) is 5.74. The minimum absolute atomic E-state index is 0.0673. The predicted molar refractivity (Wildman–Crippen MR) is 64.1 cm³/mol. The maximum atomic E-state index is 11.6. The highest BCUT2D eigenvalue weighted by Gasteiger charge is 2.10. The molecule has 1 aromatic carbocycles. The normalized spacial score (nSPS) is 10.1. The fourth-order valence-corrected chi connectivity index (χ4v) is 1.66. The molecule has 0 saturated carbocycles. The van der Waals surface area contributed by atoms with Crippen molar-refractivity contribution in [1.29, 1.82) is 0 Å². The van der Waals surface area contributed by atoms with E-state index in [1.807, 2.05) is 18.2 Å². The van der Waals surface area contributed by atoms with Gasteiger partial charge in [-0.3, -0.25) is 5.73 Å². The molecule has 0 saturated heterocycles. The van der Waals surface area contributed by atoms with E-state index < -0.39 is 0 Å². The van der Waals surface area contributed by atoms with E-state index in [2.05, 4.69) is 6.92 Å². The Bertz CT molecular complexity index is 336. The third kappa shape index (κ3) is 3.66. The first-order valence-corrected chi connectivity index (χ1v) is 5.74. The summed E-state index contributed by atoms with van der Waals surface area (Å²) >= 11 is 0. The molecule has 0 aromatic heterocycles. The maximum absolute atomic E-state index is 11.6. The Morgan fingerprint density at radius 2 is 2.06 bits per heavy atom. The van der Waals surface area contributed by atoms with E-state index in [-0.39, 0.29) is 12.7 Å². The van der Waals surface area contributed by atoms with Gasteiger partial charge in [-0.15, -0.1) is 0 Å². The molecule has 3 nitrogen and oxygen atoms in total. The van der Waals surface area contributed by atoms with Crippen LogP contribution in [0.1, 0.15) is 42.1 Å². The van der Waals surface area contributed by atoms with E-state index in [9.17, 15) is 4.79 Å². The van der Waals surface area contributed by atoms with E-state index in [0.29, 0.717) is 5.56 Å². The van der Waals surface area contributed by atoms with Gasteiger partial charge in [0.15, 0.2) is 0 Å². The van der Waals surface area contributed by atoms with E-state index in [0.717, 1.165) is 18.4 Å². The lowest BCUT2D eigenvalue weighted by Crippen LogP contribution is -2.13. The molecule has 0 bridgehead atoms. The van der Waals surface area contributed by atoms with Crippen LogP contribution in [0.2, 0.25) is 0 Å². The number of nitrogens with two attached hydrogens (primary N) is 1. The van der Waals surface area contributed by atoms with Crippen molar-refractivity contribution in [1.82, 2.24) is 0 Å². The first-order chi connectivity index (χ1) is 7.79. The number of benzene rings is 1. The minimum Gasteiger partial charge on any atom is -0.446 e. The molecule has 0 amide bonds. The summed E-state index contributed by atoms with van der Waals surface area (Å²) in [5.41, 5.74) is 6.89. The number of hydrogen-bond acceptors (Lipinski definition) is 3. The second kappa shape index (κ2) is 7.01. The molecule has 0 unspecified atom stereocenters. The maximum Gasteiger partial charge on any atom is 0.339 e. The summed E-state index contributed by atoms with van der Waals surface area (Å²) in [5, 5.41) is 0. The number of aryl methyl sites for hydroxylation is 1. The molecule has 1 rings (SSSR count). The highest BCUT2D eigenvalue weighted by Crippen LogP contribution is 2.13. The Morgan fingerprint density at radius 1 is 1.31 bits per heavy atom. The van der Waals surface area contributed by atoms with Crippen LogP contribution in [0.5, 0.6) is 0 Å². The molecular weight excluding hydrogens is 202 g/mol. The Balaban J connectivity index is 2.71. The molecule has 0 aliphatic heterocycles. The van der Waals surface area contributed by atoms with Gasteiger partial charge in [0.05, 0.1) is 5.56 Å². The smallest absolute Gasteiger partial charge is 0.339 e. The molecule has 88 valence electrons. The summed E-state index contributed by atoms with van der Waals surface area (Å²) in [6.45, 7) is 2.09. The zero-order chi connectivity index (χ0) is 11.8. The number of carbonyl (C=O) groups is 1. The molecule has 0 heterocycles. The van der Waals surface area contributed by atoms with Crippen molar-refractivity contribution < 1.29 is 9.53 Å². The van der Waals surface area contributed by atoms with Crippen molar-refractivity contribution in [3.05, 3.63) is 35.4 Å². The number of hydrogen-bond donors (Lipinski definition) is 1. The van der Waals surface area contributed by atoms with Crippen LogP contribution in [0.15, 0.2) is 24.3 Å². The van der Waals surface area contributed by atoms with Crippen LogP contribution < -0.4 is 5.73 Å². The van der Waals surface area contributed by atoms with Gasteiger partial charge in [0, 0.05) is 0 Å². The van der Waals surface area contributed by atoms with Crippen LogP contribution in [0.3, 0.4) is 0 Å². The zero-order valence-electron chi connectivity index (χ0n) is 9.74. The lowest BCUT2D eigenvalue weighted by molar-refractivity contribution is 0.0514. The van der Waals surface area contributed by atoms with E-state index in [1.165, 1.54) is 12.8 Å². The molecule has 1 aromatic rings. The largest absolute Gasteiger partial charge is 0.446 e. The lowest BCUT2D eigenvalue weighted by Gasteiger charge is -2.07. The summed E-state index contributed by atoms with van der Waals surface area (Å²) in [5.74, 6) is -0.324. The summed E-state index contributed by atoms with van der Waals surface area (Å²) in [4.78, 5) is 11.6. The van der Waals surface area contributed by atoms with Crippen molar-refractivity contribution in [2.24, 2.45) is 5.73 Å². The molecule has 0 atom stereocenters. The third-order valence-corrected chi connectivity index (χ3v) is 2.50. The van der Waals surface area contributed by atoms with E-state index in [1.54, 1.807) is 6.07 Å². The van der Waals surface area contributed by atoms with Gasteiger partial charge in [0.1, 0.15) is 6.73 Å². The van der Waals surface area contributed by atoms with Gasteiger partial charge in [-0.05, 0) is 24.5 Å². The fourth-order valence-electron chi connectivity index (χ4n) is 1.66. The summed E-state index contributed by atoms with van der Waals surface area (Å²) in [6.07, 6.45) is 4.38. The van der Waals surface area contributed by atoms with Crippen molar-refractivity contribution in [2.75, 3.05) is 6.73 Å². The Labute approximate surface area is 96.6 Å². The van der Waals surface area contributed by atoms with Gasteiger partial charge in [0.25, 0.3) is 0 Å². The van der Waals surface area contributed by atoms with Gasteiger partial charge < -0.3 is 4.74 Å². The first kappa shape index (κ1) is 12.7. The van der Waals surface area contributed by atoms with Crippen LogP contribution in [-0.2, 0) is 11.2 Å². The van der Waals surface area contributed by atoms with Crippen LogP contribution in [0, 0.1) is 0 Å². The quantitative estimate of drug-likeness (QED) is 0.456. The Kier molecular flexibility index (Phi) is 5.57. The summed E-state index contributed by atoms with van der Waals surface area (Å²) in [7, 11) is 0. The van der Waals surface area contributed by atoms with Gasteiger partial charge in [-0.1, -0.05) is 38.0 Å². The van der Waals surface area contributed by atoms with E-state index >= 15 is 0 Å². The average molecular weight is 221 g/mol. The number of carbonyl (C=O) groups excluding carboxylic acids is 1. The molecule has 3 heteroatoms. The average Bonchev–Trinajstić information content (AvgIpc) is 2.30. The molecule has 0 radical (unpaired) electrons. The van der Waals surface area contributed by atoms with Gasteiger partial charge in [0.2, 0.25) is 0 Å². The van der Waals surface area contributed by atoms with Crippen LogP contribution in [0.25, 0.3) is 0 Å². The van der Waals surface area contributed by atoms with Crippen molar-refractivity contribution >= 4 is 5.97 Å². The summed E-state index contributed by atoms with van der Waals surface area (Å²) < 4.78 is 4.81. The fraction of sp³-hybridized carbons (Fsp3) is 0.462. The highest BCUT2D eigenvalue weighted by atomic mass is 16.5. The standard InChI is InChI=1S/C13H19NO2/c1-2-3-4-7-11-8-5-6-9-12(11)13(15)16-10-14/h5-6,8-9H,2-4,7,10,14H2,1H3. The number of rotatable bonds is 6. The monoisotopic (exact) mass is 221 g/mol. The third-order valence-electron chi connectivity index (χ3n) is 2.50. The Morgan fingerprint density at radius 3 is 2.75 bits per heavy atom. The highest BCUT2D eigenvalue weighted by molar-refractivity contribution is 5.91. The van der Waals surface area contributed by atoms with E-state index in [4.69, 9.17) is 10.5 Å². The van der Waals surface area contributed by atoms with Crippen molar-refractivity contribution in [2.45, 2.75) is 32.6 Å². The van der Waals surface area contributed by atoms with Crippen molar-refractivity contribution in [3.63, 3.8) is 0 Å². The molecular formula is C13H19NO2. The number of esters is 1. The summed E-state index contributed by atoms with van der Waals surface area (Å²) in [6, 6.07) is 7.55. The molecule has 0 spiro atoms. The van der Waals surface area contributed by atoms with Crippen LogP contribution >= 0.6 is 0 Å². The van der Waals surface area contributed by atoms with Crippen LogP contribution in [-0.4, -0.2) is 12.7 Å². The molecule has 0 aliphatic carbocycles. The Hall–Kier alpha value is -1.35. The molecule has 16 heavy (non-hydrogen) atoms. The molecule has 0 fully saturated rings. The SMILES string of the molecule is CCCCCc1ccccc1C(=O)OCN. The second-order valence-corrected chi connectivity index (χ2v) is 3.71. The predicted octanol–water partition coefficient (Wildman–Crippen LogP) is 2.49. The topological polar surface area (TPSA) is 52.3 Å². The van der Waals surface area contributed by atoms with Gasteiger partial charge in [-0.2, -0.15) is 0 Å². The van der Waals surface area contributed by atoms with Crippen molar-refractivity contribution in [3.8, 4) is 0 Å². The number of ether oxygens (including phenoxy) is 1. The minimum atomic E-state index is -0.324. The molecule has 2 N–H and O–H groups in total.